The van der Waals surface area contributed by atoms with Crippen LogP contribution in [0.1, 0.15) is 22.8 Å². The largest absolute Gasteiger partial charge is 0.370 e. The standard InChI is InChI=1S/C22H22N4O2/c1-16(27)25-19-8-5-9-20(14-19)26-22(28)18-10-11-21(24-15-18)23-13-12-17-6-3-2-4-7-17/h2-11,14-15H,12-13H2,1H3,(H,23,24)(H,25,27)(H,26,28). The van der Waals surface area contributed by atoms with Crippen LogP contribution in [0.5, 0.6) is 0 Å². The van der Waals surface area contributed by atoms with E-state index in [2.05, 4.69) is 33.1 Å². The van der Waals surface area contributed by atoms with Gasteiger partial charge in [0.25, 0.3) is 5.91 Å². The van der Waals surface area contributed by atoms with Gasteiger partial charge < -0.3 is 16.0 Å². The average Bonchev–Trinajstić information content (AvgIpc) is 2.69. The van der Waals surface area contributed by atoms with E-state index in [0.29, 0.717) is 16.9 Å². The van der Waals surface area contributed by atoms with E-state index in [4.69, 9.17) is 0 Å². The second-order valence-electron chi connectivity index (χ2n) is 6.31. The first-order chi connectivity index (χ1) is 13.6. The maximum atomic E-state index is 12.4. The third-order valence-electron chi connectivity index (χ3n) is 4.03. The highest BCUT2D eigenvalue weighted by Crippen LogP contribution is 2.16. The van der Waals surface area contributed by atoms with Crippen molar-refractivity contribution in [2.75, 3.05) is 22.5 Å². The summed E-state index contributed by atoms with van der Waals surface area (Å²) in [5.41, 5.74) is 2.94. The number of rotatable bonds is 7. The Labute approximate surface area is 164 Å². The Bertz CT molecular complexity index is 940. The SMILES string of the molecule is CC(=O)Nc1cccc(NC(=O)c2ccc(NCCc3ccccc3)nc2)c1. The zero-order valence-corrected chi connectivity index (χ0v) is 15.6. The zero-order chi connectivity index (χ0) is 19.8. The highest BCUT2D eigenvalue weighted by atomic mass is 16.2. The summed E-state index contributed by atoms with van der Waals surface area (Å²) < 4.78 is 0. The van der Waals surface area contributed by atoms with Crippen LogP contribution in [0, 0.1) is 0 Å². The molecular weight excluding hydrogens is 352 g/mol. The zero-order valence-electron chi connectivity index (χ0n) is 15.6. The predicted molar refractivity (Wildman–Crippen MR) is 112 cm³/mol. The maximum absolute atomic E-state index is 12.4. The lowest BCUT2D eigenvalue weighted by Gasteiger charge is -2.09. The number of nitrogens with one attached hydrogen (secondary N) is 3. The highest BCUT2D eigenvalue weighted by molar-refractivity contribution is 6.04. The summed E-state index contributed by atoms with van der Waals surface area (Å²) in [7, 11) is 0. The number of anilines is 3. The normalized spacial score (nSPS) is 10.2. The van der Waals surface area contributed by atoms with Gasteiger partial charge in [0.05, 0.1) is 5.56 Å². The van der Waals surface area contributed by atoms with Gasteiger partial charge in [0, 0.05) is 31.0 Å². The van der Waals surface area contributed by atoms with Crippen LogP contribution in [-0.2, 0) is 11.2 Å². The lowest BCUT2D eigenvalue weighted by Crippen LogP contribution is -2.13. The smallest absolute Gasteiger partial charge is 0.257 e. The van der Waals surface area contributed by atoms with Gasteiger partial charge in [-0.2, -0.15) is 0 Å². The molecule has 0 saturated heterocycles. The molecule has 0 radical (unpaired) electrons. The first-order valence-electron chi connectivity index (χ1n) is 9.03. The Kier molecular flexibility index (Phi) is 6.36. The average molecular weight is 374 g/mol. The van der Waals surface area contributed by atoms with E-state index in [1.807, 2.05) is 18.2 Å². The third kappa shape index (κ3) is 5.67. The van der Waals surface area contributed by atoms with Gasteiger partial charge in [0.1, 0.15) is 5.82 Å². The summed E-state index contributed by atoms with van der Waals surface area (Å²) in [5.74, 6) is 0.298. The number of benzene rings is 2. The molecule has 1 aromatic heterocycles. The molecule has 6 heteroatoms. The van der Waals surface area contributed by atoms with Gasteiger partial charge in [-0.1, -0.05) is 36.4 Å². The molecule has 0 spiro atoms. The van der Waals surface area contributed by atoms with Crippen LogP contribution in [0.25, 0.3) is 0 Å². The Balaban J connectivity index is 1.54. The molecule has 0 aliphatic rings. The van der Waals surface area contributed by atoms with Crippen molar-refractivity contribution >= 4 is 29.0 Å². The Morgan fingerprint density at radius 1 is 0.893 bits per heavy atom. The highest BCUT2D eigenvalue weighted by Gasteiger charge is 2.07. The molecule has 2 amide bonds. The molecule has 2 aromatic carbocycles. The van der Waals surface area contributed by atoms with Crippen molar-refractivity contribution in [1.82, 2.24) is 4.98 Å². The predicted octanol–water partition coefficient (Wildman–Crippen LogP) is 3.95. The lowest BCUT2D eigenvalue weighted by molar-refractivity contribution is -0.114. The fraction of sp³-hybridized carbons (Fsp3) is 0.136. The molecule has 3 N–H and O–H groups in total. The van der Waals surface area contributed by atoms with Crippen LogP contribution in [0.2, 0.25) is 0 Å². The van der Waals surface area contributed by atoms with E-state index in [0.717, 1.165) is 18.8 Å². The van der Waals surface area contributed by atoms with Gasteiger partial charge in [-0.25, -0.2) is 4.98 Å². The molecule has 142 valence electrons. The summed E-state index contributed by atoms with van der Waals surface area (Å²) in [5, 5.41) is 8.74. The van der Waals surface area contributed by atoms with Gasteiger partial charge in [0.2, 0.25) is 5.91 Å². The molecule has 0 atom stereocenters. The maximum Gasteiger partial charge on any atom is 0.257 e. The fourth-order valence-electron chi connectivity index (χ4n) is 2.69. The van der Waals surface area contributed by atoms with Gasteiger partial charge in [-0.05, 0) is 42.3 Å². The van der Waals surface area contributed by atoms with E-state index in [-0.39, 0.29) is 11.8 Å². The third-order valence-corrected chi connectivity index (χ3v) is 4.03. The molecular formula is C22H22N4O2. The summed E-state index contributed by atoms with van der Waals surface area (Å²) in [6, 6.07) is 20.7. The molecule has 0 bridgehead atoms. The van der Waals surface area contributed by atoms with Crippen molar-refractivity contribution in [3.05, 3.63) is 84.1 Å². The van der Waals surface area contributed by atoms with Crippen LogP contribution < -0.4 is 16.0 Å². The summed E-state index contributed by atoms with van der Waals surface area (Å²) in [6.07, 6.45) is 2.44. The lowest BCUT2D eigenvalue weighted by atomic mass is 10.1. The van der Waals surface area contributed by atoms with E-state index in [9.17, 15) is 9.59 Å². The number of aromatic nitrogens is 1. The minimum atomic E-state index is -0.261. The molecule has 0 unspecified atom stereocenters. The van der Waals surface area contributed by atoms with Crippen molar-refractivity contribution in [3.63, 3.8) is 0 Å². The second-order valence-corrected chi connectivity index (χ2v) is 6.31. The van der Waals surface area contributed by atoms with Crippen LogP contribution >= 0.6 is 0 Å². The van der Waals surface area contributed by atoms with Crippen LogP contribution in [0.4, 0.5) is 17.2 Å². The number of carbonyl (C=O) groups excluding carboxylic acids is 2. The summed E-state index contributed by atoms with van der Waals surface area (Å²) in [6.45, 7) is 2.20. The first kappa shape index (κ1) is 19.1. The molecule has 0 saturated carbocycles. The first-order valence-corrected chi connectivity index (χ1v) is 9.03. The molecule has 0 fully saturated rings. The van der Waals surface area contributed by atoms with Gasteiger partial charge >= 0.3 is 0 Å². The van der Waals surface area contributed by atoms with Gasteiger partial charge in [-0.3, -0.25) is 9.59 Å². The molecule has 6 nitrogen and oxygen atoms in total. The van der Waals surface area contributed by atoms with Crippen molar-refractivity contribution in [2.24, 2.45) is 0 Å². The summed E-state index contributed by atoms with van der Waals surface area (Å²) >= 11 is 0. The molecule has 28 heavy (non-hydrogen) atoms. The number of carbonyl (C=O) groups is 2. The molecule has 1 heterocycles. The van der Waals surface area contributed by atoms with Crippen molar-refractivity contribution in [2.45, 2.75) is 13.3 Å². The quantitative estimate of drug-likeness (QED) is 0.585. The number of nitrogens with zero attached hydrogens (tertiary/aromatic N) is 1. The molecule has 0 aliphatic carbocycles. The Hall–Kier alpha value is -3.67. The number of hydrogen-bond donors (Lipinski definition) is 3. The minimum absolute atomic E-state index is 0.164. The van der Waals surface area contributed by atoms with Crippen LogP contribution in [0.3, 0.4) is 0 Å². The summed E-state index contributed by atoms with van der Waals surface area (Å²) in [4.78, 5) is 27.8. The molecule has 3 aromatic rings. The Morgan fingerprint density at radius 3 is 2.32 bits per heavy atom. The Morgan fingerprint density at radius 2 is 1.64 bits per heavy atom. The van der Waals surface area contributed by atoms with Crippen LogP contribution in [-0.4, -0.2) is 23.3 Å². The van der Waals surface area contributed by atoms with E-state index in [1.54, 1.807) is 36.4 Å². The van der Waals surface area contributed by atoms with Crippen molar-refractivity contribution in [1.29, 1.82) is 0 Å². The second kappa shape index (κ2) is 9.32. The van der Waals surface area contributed by atoms with E-state index < -0.39 is 0 Å². The van der Waals surface area contributed by atoms with Gasteiger partial charge in [0.15, 0.2) is 0 Å². The number of amides is 2. The topological polar surface area (TPSA) is 83.1 Å². The number of hydrogen-bond acceptors (Lipinski definition) is 4. The molecule has 3 rings (SSSR count). The van der Waals surface area contributed by atoms with Crippen LogP contribution in [0.15, 0.2) is 72.9 Å². The van der Waals surface area contributed by atoms with Gasteiger partial charge in [-0.15, -0.1) is 0 Å². The number of pyridine rings is 1. The van der Waals surface area contributed by atoms with E-state index >= 15 is 0 Å². The van der Waals surface area contributed by atoms with Crippen molar-refractivity contribution < 1.29 is 9.59 Å². The molecule has 0 aliphatic heterocycles. The van der Waals surface area contributed by atoms with E-state index in [1.165, 1.54) is 18.7 Å². The monoisotopic (exact) mass is 374 g/mol. The minimum Gasteiger partial charge on any atom is -0.370 e. The fourth-order valence-corrected chi connectivity index (χ4v) is 2.69. The van der Waals surface area contributed by atoms with Crippen molar-refractivity contribution in [3.8, 4) is 0 Å².